The molecule has 5 rings (SSSR count). The standard InChI is InChI=1S/C35H39F3N6O2S/c1-6-25(20-39-33(45)41-34-44(24(5)17-18-47-34)31-19-23(4)7-16-30(31)22(2)3)26-8-10-27(11-9-26)32-40-21-43(42-32)28-12-14-29(15-13-28)46-35(36,37)38/h7-16,19,21-22,24-25H,6,17-18,20H2,1-5H3,(H,39,45)/b41-34-. The number of benzene rings is 3. The molecule has 8 nitrogen and oxygen atoms in total. The number of nitrogens with zero attached hydrogens (tertiary/aromatic N) is 5. The van der Waals surface area contributed by atoms with E-state index in [1.807, 2.05) is 24.3 Å². The van der Waals surface area contributed by atoms with E-state index in [9.17, 15) is 18.0 Å². The molecule has 1 N–H and O–H groups in total. The fraction of sp³-hybridized carbons (Fsp3) is 0.371. The zero-order chi connectivity index (χ0) is 33.7. The van der Waals surface area contributed by atoms with E-state index in [2.05, 4.69) is 82.8 Å². The van der Waals surface area contributed by atoms with Gasteiger partial charge in [-0.25, -0.2) is 14.5 Å². The fourth-order valence-corrected chi connectivity index (χ4v) is 6.75. The number of aryl methyl sites for hydroxylation is 1. The predicted molar refractivity (Wildman–Crippen MR) is 182 cm³/mol. The van der Waals surface area contributed by atoms with Crippen LogP contribution < -0.4 is 15.0 Å². The number of urea groups is 1. The summed E-state index contributed by atoms with van der Waals surface area (Å²) in [5, 5.41) is 8.24. The number of carbonyl (C=O) groups is 1. The first-order chi connectivity index (χ1) is 22.4. The first kappa shape index (κ1) is 34.0. The number of aliphatic imine (C=N–C) groups is 1. The number of alkyl halides is 3. The van der Waals surface area contributed by atoms with Gasteiger partial charge < -0.3 is 15.0 Å². The SMILES string of the molecule is CCC(CNC(=O)/N=C1\SCCC(C)N1c1cc(C)ccc1C(C)C)c1ccc(-c2ncn(-c3ccc(OC(F)(F)F)cc3)n2)cc1. The molecule has 1 saturated heterocycles. The lowest BCUT2D eigenvalue weighted by atomic mass is 9.95. The maximum atomic E-state index is 13.2. The molecule has 1 aromatic heterocycles. The number of nitrogens with one attached hydrogen (secondary N) is 1. The highest BCUT2D eigenvalue weighted by atomic mass is 32.2. The minimum absolute atomic E-state index is 0.0782. The first-order valence-corrected chi connectivity index (χ1v) is 16.7. The number of rotatable bonds is 9. The molecule has 1 aliphatic heterocycles. The molecule has 0 bridgehead atoms. The fourth-order valence-electron chi connectivity index (χ4n) is 5.54. The Bertz CT molecular complexity index is 1700. The normalized spacial score (nSPS) is 16.8. The molecule has 0 aliphatic carbocycles. The highest BCUT2D eigenvalue weighted by Gasteiger charge is 2.31. The second-order valence-electron chi connectivity index (χ2n) is 11.9. The van der Waals surface area contributed by atoms with Crippen molar-refractivity contribution in [1.29, 1.82) is 0 Å². The van der Waals surface area contributed by atoms with Crippen LogP contribution in [0.1, 0.15) is 69.1 Å². The molecule has 47 heavy (non-hydrogen) atoms. The van der Waals surface area contributed by atoms with Gasteiger partial charge in [-0.15, -0.1) is 18.3 Å². The molecule has 2 heterocycles. The predicted octanol–water partition coefficient (Wildman–Crippen LogP) is 8.86. The summed E-state index contributed by atoms with van der Waals surface area (Å²) in [6.45, 7) is 11.2. The van der Waals surface area contributed by atoms with Gasteiger partial charge in [0.15, 0.2) is 11.0 Å². The average molecular weight is 665 g/mol. The number of amides is 2. The quantitative estimate of drug-likeness (QED) is 0.193. The molecule has 1 fully saturated rings. The second kappa shape index (κ2) is 14.6. The van der Waals surface area contributed by atoms with Gasteiger partial charge in [-0.05, 0) is 79.6 Å². The molecular formula is C35H39F3N6O2S. The van der Waals surface area contributed by atoms with Crippen molar-refractivity contribution in [2.75, 3.05) is 17.2 Å². The molecule has 2 unspecified atom stereocenters. The van der Waals surface area contributed by atoms with Crippen molar-refractivity contribution < 1.29 is 22.7 Å². The van der Waals surface area contributed by atoms with Crippen LogP contribution in [-0.2, 0) is 0 Å². The Morgan fingerprint density at radius 1 is 1.11 bits per heavy atom. The van der Waals surface area contributed by atoms with Crippen molar-refractivity contribution in [2.45, 2.75) is 71.7 Å². The van der Waals surface area contributed by atoms with Crippen molar-refractivity contribution in [1.82, 2.24) is 20.1 Å². The van der Waals surface area contributed by atoms with Crippen molar-refractivity contribution in [3.63, 3.8) is 0 Å². The van der Waals surface area contributed by atoms with Crippen LogP contribution in [0, 0.1) is 6.92 Å². The van der Waals surface area contributed by atoms with Crippen LogP contribution in [0.5, 0.6) is 5.75 Å². The van der Waals surface area contributed by atoms with Crippen LogP contribution >= 0.6 is 11.8 Å². The summed E-state index contributed by atoms with van der Waals surface area (Å²) < 4.78 is 42.8. The molecule has 0 spiro atoms. The van der Waals surface area contributed by atoms with Crippen LogP contribution in [0.15, 0.2) is 78.0 Å². The number of halogens is 3. The Kier molecular flexibility index (Phi) is 10.6. The van der Waals surface area contributed by atoms with Crippen molar-refractivity contribution >= 4 is 28.6 Å². The van der Waals surface area contributed by atoms with Crippen LogP contribution in [0.2, 0.25) is 0 Å². The third kappa shape index (κ3) is 8.54. The molecule has 248 valence electrons. The zero-order valence-corrected chi connectivity index (χ0v) is 27.9. The van der Waals surface area contributed by atoms with Crippen LogP contribution in [0.25, 0.3) is 17.1 Å². The molecule has 0 saturated carbocycles. The lowest BCUT2D eigenvalue weighted by Crippen LogP contribution is -2.43. The number of amidine groups is 1. The molecule has 1 aliphatic rings. The van der Waals surface area contributed by atoms with Crippen LogP contribution in [0.4, 0.5) is 23.7 Å². The highest BCUT2D eigenvalue weighted by Crippen LogP contribution is 2.35. The number of anilines is 1. The summed E-state index contributed by atoms with van der Waals surface area (Å²) in [6, 6.07) is 19.6. The highest BCUT2D eigenvalue weighted by molar-refractivity contribution is 8.14. The molecule has 4 aromatic rings. The van der Waals surface area contributed by atoms with Gasteiger partial charge in [0.25, 0.3) is 0 Å². The third-order valence-electron chi connectivity index (χ3n) is 8.14. The molecule has 3 aromatic carbocycles. The molecule has 2 atom stereocenters. The van der Waals surface area contributed by atoms with Gasteiger partial charge in [0, 0.05) is 35.5 Å². The average Bonchev–Trinajstić information content (AvgIpc) is 3.52. The number of ether oxygens (including phenoxy) is 1. The van der Waals surface area contributed by atoms with E-state index in [-0.39, 0.29) is 23.7 Å². The zero-order valence-electron chi connectivity index (χ0n) is 27.1. The van der Waals surface area contributed by atoms with Gasteiger partial charge in [-0.1, -0.05) is 68.9 Å². The number of thioether (sulfide) groups is 1. The molecule has 2 amide bonds. The maximum Gasteiger partial charge on any atom is 0.573 e. The number of carbonyl (C=O) groups excluding carboxylic acids is 1. The summed E-state index contributed by atoms with van der Waals surface area (Å²) in [5.74, 6) is 1.49. The monoisotopic (exact) mass is 664 g/mol. The van der Waals surface area contributed by atoms with E-state index in [0.717, 1.165) is 40.6 Å². The van der Waals surface area contributed by atoms with Gasteiger partial charge in [0.1, 0.15) is 12.1 Å². The van der Waals surface area contributed by atoms with Gasteiger partial charge in [-0.3, -0.25) is 0 Å². The van der Waals surface area contributed by atoms with Crippen LogP contribution in [-0.4, -0.2) is 50.7 Å². The van der Waals surface area contributed by atoms with Gasteiger partial charge in [-0.2, -0.15) is 4.99 Å². The van der Waals surface area contributed by atoms with E-state index in [4.69, 9.17) is 0 Å². The molecule has 12 heteroatoms. The molecular weight excluding hydrogens is 625 g/mol. The van der Waals surface area contributed by atoms with Crippen molar-refractivity contribution in [3.05, 3.63) is 89.7 Å². The Morgan fingerprint density at radius 3 is 2.49 bits per heavy atom. The summed E-state index contributed by atoms with van der Waals surface area (Å²) >= 11 is 1.62. The van der Waals surface area contributed by atoms with E-state index >= 15 is 0 Å². The minimum Gasteiger partial charge on any atom is -0.406 e. The Hall–Kier alpha value is -4.32. The summed E-state index contributed by atoms with van der Waals surface area (Å²) in [6.07, 6.45) is -1.42. The minimum atomic E-state index is -4.75. The Morgan fingerprint density at radius 2 is 1.83 bits per heavy atom. The number of hydrogen-bond donors (Lipinski definition) is 1. The smallest absolute Gasteiger partial charge is 0.406 e. The summed E-state index contributed by atoms with van der Waals surface area (Å²) in [7, 11) is 0. The summed E-state index contributed by atoms with van der Waals surface area (Å²) in [4.78, 5) is 24.3. The summed E-state index contributed by atoms with van der Waals surface area (Å²) in [5.41, 5.74) is 5.92. The Labute approximate surface area is 277 Å². The van der Waals surface area contributed by atoms with Gasteiger partial charge in [0.05, 0.1) is 5.69 Å². The van der Waals surface area contributed by atoms with Gasteiger partial charge >= 0.3 is 12.4 Å². The Balaban J connectivity index is 1.24. The van der Waals surface area contributed by atoms with Crippen LogP contribution in [0.3, 0.4) is 0 Å². The number of hydrogen-bond acceptors (Lipinski definition) is 5. The van der Waals surface area contributed by atoms with Gasteiger partial charge in [0.2, 0.25) is 0 Å². The largest absolute Gasteiger partial charge is 0.573 e. The molecule has 0 radical (unpaired) electrons. The second-order valence-corrected chi connectivity index (χ2v) is 13.0. The number of aromatic nitrogens is 3. The lowest BCUT2D eigenvalue weighted by Gasteiger charge is -2.37. The van der Waals surface area contributed by atoms with E-state index in [1.165, 1.54) is 46.4 Å². The lowest BCUT2D eigenvalue weighted by molar-refractivity contribution is -0.274. The van der Waals surface area contributed by atoms with E-state index < -0.39 is 6.36 Å². The van der Waals surface area contributed by atoms with Crippen molar-refractivity contribution in [3.8, 4) is 22.8 Å². The van der Waals surface area contributed by atoms with Crippen molar-refractivity contribution in [2.24, 2.45) is 4.99 Å². The third-order valence-corrected chi connectivity index (χ3v) is 9.12. The topological polar surface area (TPSA) is 84.6 Å². The maximum absolute atomic E-state index is 13.2. The van der Waals surface area contributed by atoms with E-state index in [0.29, 0.717) is 24.0 Å². The first-order valence-electron chi connectivity index (χ1n) is 15.7. The van der Waals surface area contributed by atoms with E-state index in [1.54, 1.807) is 11.8 Å².